The molecule has 0 amide bonds. The summed E-state index contributed by atoms with van der Waals surface area (Å²) in [5.41, 5.74) is 0.0458. The van der Waals surface area contributed by atoms with Crippen LogP contribution in [-0.4, -0.2) is 7.05 Å². The molecule has 0 unspecified atom stereocenters. The first-order valence-electron chi connectivity index (χ1n) is 5.39. The quantitative estimate of drug-likeness (QED) is 0.737. The predicted octanol–water partition coefficient (Wildman–Crippen LogP) is 4.80. The van der Waals surface area contributed by atoms with Crippen molar-refractivity contribution in [3.05, 3.63) is 29.8 Å². The van der Waals surface area contributed by atoms with Crippen molar-refractivity contribution in [2.45, 2.75) is 33.9 Å². The van der Waals surface area contributed by atoms with Crippen LogP contribution in [0.2, 0.25) is 0 Å². The highest BCUT2D eigenvalue weighted by Crippen LogP contribution is 2.29. The number of anilines is 1. The SMILES string of the molecule is CC.CC.CNc1ccc(C(F)(F)F)cc1. The first-order valence-corrected chi connectivity index (χ1v) is 5.39. The molecule has 0 aliphatic carbocycles. The molecule has 4 heteroatoms. The Morgan fingerprint density at radius 2 is 1.25 bits per heavy atom. The van der Waals surface area contributed by atoms with E-state index in [0.29, 0.717) is 5.69 Å². The van der Waals surface area contributed by atoms with Crippen LogP contribution in [0.1, 0.15) is 33.3 Å². The van der Waals surface area contributed by atoms with Gasteiger partial charge in [-0.05, 0) is 24.3 Å². The molecule has 1 nitrogen and oxygen atoms in total. The van der Waals surface area contributed by atoms with Crippen molar-refractivity contribution in [1.29, 1.82) is 0 Å². The second kappa shape index (κ2) is 9.07. The highest BCUT2D eigenvalue weighted by atomic mass is 19.4. The Morgan fingerprint density at radius 1 is 0.875 bits per heavy atom. The van der Waals surface area contributed by atoms with Gasteiger partial charge in [-0.2, -0.15) is 13.2 Å². The third-order valence-corrected chi connectivity index (χ3v) is 1.50. The maximum absolute atomic E-state index is 12.0. The van der Waals surface area contributed by atoms with Crippen LogP contribution in [0.3, 0.4) is 0 Å². The molecule has 0 bridgehead atoms. The van der Waals surface area contributed by atoms with Crippen LogP contribution in [0.5, 0.6) is 0 Å². The molecule has 0 atom stereocenters. The normalized spacial score (nSPS) is 9.25. The molecule has 0 aliphatic heterocycles. The summed E-state index contributed by atoms with van der Waals surface area (Å²) in [4.78, 5) is 0. The largest absolute Gasteiger partial charge is 0.416 e. The zero-order chi connectivity index (χ0) is 13.2. The number of rotatable bonds is 1. The maximum atomic E-state index is 12.0. The van der Waals surface area contributed by atoms with Crippen molar-refractivity contribution in [2.24, 2.45) is 0 Å². The molecule has 94 valence electrons. The highest BCUT2D eigenvalue weighted by molar-refractivity contribution is 5.44. The number of hydrogen-bond acceptors (Lipinski definition) is 1. The van der Waals surface area contributed by atoms with Gasteiger partial charge in [0.1, 0.15) is 0 Å². The third kappa shape index (κ3) is 6.32. The second-order valence-electron chi connectivity index (χ2n) is 2.33. The van der Waals surface area contributed by atoms with E-state index in [-0.39, 0.29) is 0 Å². The van der Waals surface area contributed by atoms with Crippen LogP contribution >= 0.6 is 0 Å². The summed E-state index contributed by atoms with van der Waals surface area (Å²) < 4.78 is 36.0. The van der Waals surface area contributed by atoms with E-state index in [0.717, 1.165) is 12.1 Å². The van der Waals surface area contributed by atoms with Crippen molar-refractivity contribution in [1.82, 2.24) is 0 Å². The highest BCUT2D eigenvalue weighted by Gasteiger charge is 2.29. The lowest BCUT2D eigenvalue weighted by Crippen LogP contribution is -2.04. The van der Waals surface area contributed by atoms with Crippen molar-refractivity contribution in [2.75, 3.05) is 12.4 Å². The Labute approximate surface area is 95.7 Å². The smallest absolute Gasteiger partial charge is 0.388 e. The molecule has 1 aromatic carbocycles. The number of halogens is 3. The minimum atomic E-state index is -4.24. The second-order valence-corrected chi connectivity index (χ2v) is 2.33. The Kier molecular flexibility index (Phi) is 9.75. The van der Waals surface area contributed by atoms with Gasteiger partial charge in [0.05, 0.1) is 5.56 Å². The average molecular weight is 235 g/mol. The molecule has 0 spiro atoms. The molecule has 16 heavy (non-hydrogen) atoms. The lowest BCUT2D eigenvalue weighted by Gasteiger charge is -2.06. The van der Waals surface area contributed by atoms with E-state index in [2.05, 4.69) is 5.32 Å². The average Bonchev–Trinajstić information content (AvgIpc) is 2.33. The first kappa shape index (κ1) is 17.2. The molecule has 0 aliphatic rings. The number of hydrogen-bond donors (Lipinski definition) is 1. The van der Waals surface area contributed by atoms with Gasteiger partial charge in [-0.15, -0.1) is 0 Å². The minimum Gasteiger partial charge on any atom is -0.388 e. The van der Waals surface area contributed by atoms with E-state index in [9.17, 15) is 13.2 Å². The van der Waals surface area contributed by atoms with Crippen LogP contribution in [0.4, 0.5) is 18.9 Å². The van der Waals surface area contributed by atoms with Gasteiger partial charge in [0, 0.05) is 12.7 Å². The molecular formula is C12H20F3N. The van der Waals surface area contributed by atoms with Crippen LogP contribution in [0.25, 0.3) is 0 Å². The monoisotopic (exact) mass is 235 g/mol. The van der Waals surface area contributed by atoms with Crippen molar-refractivity contribution < 1.29 is 13.2 Å². The number of nitrogens with one attached hydrogen (secondary N) is 1. The molecule has 1 N–H and O–H groups in total. The summed E-state index contributed by atoms with van der Waals surface area (Å²) in [6.45, 7) is 8.00. The Balaban J connectivity index is 0. The van der Waals surface area contributed by atoms with Gasteiger partial charge in [-0.3, -0.25) is 0 Å². The summed E-state index contributed by atoms with van der Waals surface area (Å²) >= 11 is 0. The fourth-order valence-corrected chi connectivity index (χ4v) is 0.826. The molecule has 0 heterocycles. The van der Waals surface area contributed by atoms with E-state index in [1.807, 2.05) is 27.7 Å². The molecule has 0 saturated heterocycles. The topological polar surface area (TPSA) is 12.0 Å². The van der Waals surface area contributed by atoms with Crippen LogP contribution in [0, 0.1) is 0 Å². The lowest BCUT2D eigenvalue weighted by molar-refractivity contribution is -0.137. The predicted molar refractivity (Wildman–Crippen MR) is 63.7 cm³/mol. The third-order valence-electron chi connectivity index (χ3n) is 1.50. The molecule has 0 saturated carbocycles. The van der Waals surface area contributed by atoms with Gasteiger partial charge >= 0.3 is 6.18 Å². The van der Waals surface area contributed by atoms with Gasteiger partial charge in [0.2, 0.25) is 0 Å². The van der Waals surface area contributed by atoms with E-state index in [1.54, 1.807) is 7.05 Å². The van der Waals surface area contributed by atoms with Crippen molar-refractivity contribution in [3.8, 4) is 0 Å². The molecule has 0 radical (unpaired) electrons. The summed E-state index contributed by atoms with van der Waals surface area (Å²) in [7, 11) is 1.66. The van der Waals surface area contributed by atoms with E-state index in [4.69, 9.17) is 0 Å². The maximum Gasteiger partial charge on any atom is 0.416 e. The van der Waals surface area contributed by atoms with Crippen LogP contribution < -0.4 is 5.32 Å². The zero-order valence-electron chi connectivity index (χ0n) is 10.4. The standard InChI is InChI=1S/C8H8F3N.2C2H6/c1-12-7-4-2-6(3-5-7)8(9,10)11;2*1-2/h2-5,12H,1H3;2*1-2H3. The van der Waals surface area contributed by atoms with E-state index >= 15 is 0 Å². The number of benzene rings is 1. The molecular weight excluding hydrogens is 215 g/mol. The van der Waals surface area contributed by atoms with Crippen molar-refractivity contribution >= 4 is 5.69 Å². The minimum absolute atomic E-state index is 0.624. The zero-order valence-corrected chi connectivity index (χ0v) is 10.4. The van der Waals surface area contributed by atoms with E-state index in [1.165, 1.54) is 12.1 Å². The fraction of sp³-hybridized carbons (Fsp3) is 0.500. The molecule has 0 aromatic heterocycles. The number of alkyl halides is 3. The van der Waals surface area contributed by atoms with Crippen LogP contribution in [0.15, 0.2) is 24.3 Å². The van der Waals surface area contributed by atoms with Gasteiger partial charge in [-0.1, -0.05) is 27.7 Å². The van der Waals surface area contributed by atoms with E-state index < -0.39 is 11.7 Å². The van der Waals surface area contributed by atoms with Gasteiger partial charge in [0.15, 0.2) is 0 Å². The van der Waals surface area contributed by atoms with Gasteiger partial charge in [0.25, 0.3) is 0 Å². The summed E-state index contributed by atoms with van der Waals surface area (Å²) in [6.07, 6.45) is -4.24. The van der Waals surface area contributed by atoms with Gasteiger partial charge in [-0.25, -0.2) is 0 Å². The summed E-state index contributed by atoms with van der Waals surface area (Å²) in [5, 5.41) is 2.74. The fourth-order valence-electron chi connectivity index (χ4n) is 0.826. The Hall–Kier alpha value is -1.19. The Bertz CT molecular complexity index is 252. The Morgan fingerprint density at radius 3 is 1.50 bits per heavy atom. The van der Waals surface area contributed by atoms with Crippen LogP contribution in [-0.2, 0) is 6.18 Å². The van der Waals surface area contributed by atoms with Crippen molar-refractivity contribution in [3.63, 3.8) is 0 Å². The lowest BCUT2D eigenvalue weighted by atomic mass is 10.2. The first-order chi connectivity index (χ1) is 7.54. The molecule has 0 fully saturated rings. The van der Waals surface area contributed by atoms with Gasteiger partial charge < -0.3 is 5.32 Å². The molecule has 1 aromatic rings. The summed E-state index contributed by atoms with van der Waals surface area (Å²) in [6, 6.07) is 4.88. The summed E-state index contributed by atoms with van der Waals surface area (Å²) in [5.74, 6) is 0. The molecule has 1 rings (SSSR count).